The van der Waals surface area contributed by atoms with E-state index in [1.54, 1.807) is 0 Å². The van der Waals surface area contributed by atoms with E-state index >= 15 is 0 Å². The van der Waals surface area contributed by atoms with Gasteiger partial charge in [0.1, 0.15) is 5.91 Å². The highest BCUT2D eigenvalue weighted by molar-refractivity contribution is 7.54. The quantitative estimate of drug-likeness (QED) is 0.577. The lowest BCUT2D eigenvalue weighted by Gasteiger charge is -2.30. The minimum absolute atomic E-state index is 0.349. The Morgan fingerprint density at radius 3 is 2.38 bits per heavy atom. The van der Waals surface area contributed by atoms with E-state index in [9.17, 15) is 0 Å². The van der Waals surface area contributed by atoms with E-state index in [0.717, 1.165) is 13.1 Å². The molecular formula is C8H19N4P. The molecule has 0 radical (unpaired) electrons. The van der Waals surface area contributed by atoms with Crippen molar-refractivity contribution in [2.75, 3.05) is 20.1 Å². The molecule has 0 spiro atoms. The molecule has 1 rings (SSSR count). The van der Waals surface area contributed by atoms with Gasteiger partial charge in [0.15, 0.2) is 0 Å². The first-order valence-corrected chi connectivity index (χ1v) is 6.11. The largest absolute Gasteiger partial charge is 0.364 e. The normalized spacial score (nSPS) is 21.2. The van der Waals surface area contributed by atoms with Crippen LogP contribution in [0, 0.1) is 0 Å². The van der Waals surface area contributed by atoms with Crippen LogP contribution in [0.3, 0.4) is 0 Å². The lowest BCUT2D eigenvalue weighted by molar-refractivity contribution is 0.424. The fourth-order valence-electron chi connectivity index (χ4n) is 1.27. The van der Waals surface area contributed by atoms with Gasteiger partial charge in [0.2, 0.25) is 0 Å². The van der Waals surface area contributed by atoms with Gasteiger partial charge in [0.05, 0.1) is 8.22 Å². The molecule has 76 valence electrons. The minimum Gasteiger partial charge on any atom is -0.364 e. The van der Waals surface area contributed by atoms with Crippen LogP contribution < -0.4 is 15.5 Å². The van der Waals surface area contributed by atoms with Crippen LogP contribution in [0.25, 0.3) is 0 Å². The summed E-state index contributed by atoms with van der Waals surface area (Å²) in [5.41, 5.74) is 0. The van der Waals surface area contributed by atoms with Crippen molar-refractivity contribution in [1.29, 1.82) is 0 Å². The first kappa shape index (κ1) is 10.8. The predicted molar refractivity (Wildman–Crippen MR) is 58.1 cm³/mol. The van der Waals surface area contributed by atoms with Crippen LogP contribution in [0.2, 0.25) is 0 Å². The van der Waals surface area contributed by atoms with Crippen molar-refractivity contribution in [1.82, 2.24) is 20.4 Å². The van der Waals surface area contributed by atoms with Gasteiger partial charge in [-0.05, 0) is 13.1 Å². The van der Waals surface area contributed by atoms with Gasteiger partial charge in [-0.2, -0.15) is 0 Å². The van der Waals surface area contributed by atoms with Crippen LogP contribution in [0.5, 0.6) is 0 Å². The zero-order valence-corrected chi connectivity index (χ0v) is 9.44. The van der Waals surface area contributed by atoms with Crippen LogP contribution in [0.15, 0.2) is 12.4 Å². The van der Waals surface area contributed by atoms with Crippen molar-refractivity contribution >= 4 is 8.22 Å². The molecule has 0 aromatic rings. The molecule has 3 N–H and O–H groups in total. The van der Waals surface area contributed by atoms with Gasteiger partial charge in [-0.25, -0.2) is 0 Å². The highest BCUT2D eigenvalue weighted by Gasteiger charge is 2.24. The molecule has 0 aromatic carbocycles. The Kier molecular flexibility index (Phi) is 4.50. The maximum atomic E-state index is 3.47. The lowest BCUT2D eigenvalue weighted by atomic mass is 10.8. The Morgan fingerprint density at radius 2 is 2.00 bits per heavy atom. The smallest absolute Gasteiger partial charge is 0.146 e. The van der Waals surface area contributed by atoms with Crippen molar-refractivity contribution in [3.05, 3.63) is 12.4 Å². The maximum absolute atomic E-state index is 3.47. The number of nitrogens with one attached hydrogen (secondary N) is 3. The van der Waals surface area contributed by atoms with Gasteiger partial charge < -0.3 is 10.2 Å². The van der Waals surface area contributed by atoms with Gasteiger partial charge in [-0.1, -0.05) is 13.8 Å². The average Bonchev–Trinajstić information content (AvgIpc) is 2.51. The number of rotatable bonds is 5. The van der Waals surface area contributed by atoms with Crippen LogP contribution in [-0.4, -0.2) is 30.9 Å². The molecule has 0 bridgehead atoms. The van der Waals surface area contributed by atoms with E-state index in [1.165, 1.54) is 0 Å². The summed E-state index contributed by atoms with van der Waals surface area (Å²) in [6.07, 6.45) is 4.06. The van der Waals surface area contributed by atoms with Crippen molar-refractivity contribution in [2.24, 2.45) is 0 Å². The summed E-state index contributed by atoms with van der Waals surface area (Å²) >= 11 is 0. The summed E-state index contributed by atoms with van der Waals surface area (Å²) < 4.78 is 0. The summed E-state index contributed by atoms with van der Waals surface area (Å²) in [5, 5.41) is 10.3. The first-order valence-electron chi connectivity index (χ1n) is 4.70. The van der Waals surface area contributed by atoms with E-state index in [-0.39, 0.29) is 8.22 Å². The maximum Gasteiger partial charge on any atom is 0.146 e. The molecule has 0 fully saturated rings. The fourth-order valence-corrected chi connectivity index (χ4v) is 3.09. The van der Waals surface area contributed by atoms with E-state index in [4.69, 9.17) is 0 Å². The Bertz CT molecular complexity index is 168. The molecule has 0 amide bonds. The molecular weight excluding hydrogens is 183 g/mol. The molecule has 0 saturated carbocycles. The Hall–Kier alpha value is -0.310. The van der Waals surface area contributed by atoms with Crippen LogP contribution in [0.4, 0.5) is 0 Å². The van der Waals surface area contributed by atoms with Crippen LogP contribution >= 0.6 is 8.22 Å². The molecule has 1 aliphatic rings. The number of hydrogen-bond donors (Lipinski definition) is 3. The third-order valence-electron chi connectivity index (χ3n) is 1.84. The Morgan fingerprint density at radius 1 is 1.38 bits per heavy atom. The molecule has 0 saturated heterocycles. The Labute approximate surface area is 81.6 Å². The lowest BCUT2D eigenvalue weighted by Crippen LogP contribution is -2.39. The molecule has 1 unspecified atom stereocenters. The van der Waals surface area contributed by atoms with Crippen molar-refractivity contribution in [3.8, 4) is 0 Å². The zero-order valence-electron chi connectivity index (χ0n) is 8.54. The summed E-state index contributed by atoms with van der Waals surface area (Å²) in [6.45, 7) is 6.28. The molecule has 0 aliphatic carbocycles. The van der Waals surface area contributed by atoms with Crippen LogP contribution in [-0.2, 0) is 0 Å². The zero-order chi connectivity index (χ0) is 9.68. The Balaban J connectivity index is 2.43. The van der Waals surface area contributed by atoms with Gasteiger partial charge in [-0.3, -0.25) is 10.2 Å². The molecule has 1 heterocycles. The topological polar surface area (TPSA) is 39.3 Å². The third-order valence-corrected chi connectivity index (χ3v) is 4.16. The van der Waals surface area contributed by atoms with Crippen molar-refractivity contribution in [2.45, 2.75) is 19.8 Å². The highest BCUT2D eigenvalue weighted by Crippen LogP contribution is 2.33. The standard InChI is InChI=1S/C8H19N4P/c1-4-10-13(11-5-2)8-9-6-7-12(8)3/h6-11H,4-5H2,1-3H3. The van der Waals surface area contributed by atoms with E-state index in [1.807, 2.05) is 6.20 Å². The van der Waals surface area contributed by atoms with E-state index in [0.29, 0.717) is 5.91 Å². The summed E-state index contributed by atoms with van der Waals surface area (Å²) in [7, 11) is 1.74. The molecule has 1 atom stereocenters. The molecule has 4 nitrogen and oxygen atoms in total. The third kappa shape index (κ3) is 2.83. The van der Waals surface area contributed by atoms with Gasteiger partial charge in [0.25, 0.3) is 0 Å². The predicted octanol–water partition coefficient (Wildman–Crippen LogP) is 0.807. The number of nitrogens with zero attached hydrogens (tertiary/aromatic N) is 1. The fraction of sp³-hybridized carbons (Fsp3) is 0.750. The van der Waals surface area contributed by atoms with E-state index < -0.39 is 0 Å². The van der Waals surface area contributed by atoms with Crippen molar-refractivity contribution < 1.29 is 0 Å². The molecule has 5 heteroatoms. The van der Waals surface area contributed by atoms with Crippen molar-refractivity contribution in [3.63, 3.8) is 0 Å². The second-order valence-electron chi connectivity index (χ2n) is 2.91. The SMILES string of the molecule is CCNP(NCC)C1NC=CN1C. The summed E-state index contributed by atoms with van der Waals surface area (Å²) in [4.78, 5) is 2.19. The first-order chi connectivity index (χ1) is 6.29. The van der Waals surface area contributed by atoms with E-state index in [2.05, 4.69) is 47.5 Å². The van der Waals surface area contributed by atoms with Crippen LogP contribution in [0.1, 0.15) is 13.8 Å². The van der Waals surface area contributed by atoms with Gasteiger partial charge in [-0.15, -0.1) is 0 Å². The van der Waals surface area contributed by atoms with Gasteiger partial charge in [0, 0.05) is 19.4 Å². The van der Waals surface area contributed by atoms with Gasteiger partial charge >= 0.3 is 0 Å². The number of hydrogen-bond acceptors (Lipinski definition) is 4. The monoisotopic (exact) mass is 202 g/mol. The summed E-state index contributed by atoms with van der Waals surface area (Å²) in [5.74, 6) is 0.384. The second kappa shape index (κ2) is 5.43. The minimum atomic E-state index is -0.349. The molecule has 0 aromatic heterocycles. The highest BCUT2D eigenvalue weighted by atomic mass is 31.1. The summed E-state index contributed by atoms with van der Waals surface area (Å²) in [6, 6.07) is 0. The molecule has 13 heavy (non-hydrogen) atoms. The molecule has 1 aliphatic heterocycles. The average molecular weight is 202 g/mol. The second-order valence-corrected chi connectivity index (χ2v) is 4.78.